The van der Waals surface area contributed by atoms with E-state index in [2.05, 4.69) is 25.6 Å². The molecular weight excluding hydrogens is 439 g/mol. The molecule has 0 rings (SSSR count). The van der Waals surface area contributed by atoms with E-state index in [0.29, 0.717) is 0 Å². The van der Waals surface area contributed by atoms with Crippen LogP contribution in [0.2, 0.25) is 0 Å². The van der Waals surface area contributed by atoms with Crippen LogP contribution in [0, 0.1) is 0 Å². The number of rotatable bonds is 22. The summed E-state index contributed by atoms with van der Waals surface area (Å²) < 4.78 is 0. The van der Waals surface area contributed by atoms with Crippen LogP contribution in [0.4, 0.5) is 0 Å². The molecule has 0 aromatic heterocycles. The third-order valence-corrected chi connectivity index (χ3v) is 6.44. The van der Waals surface area contributed by atoms with E-state index in [4.69, 9.17) is 0 Å². The Morgan fingerprint density at radius 2 is 0.577 bits per heavy atom. The van der Waals surface area contributed by atoms with E-state index in [0.717, 1.165) is 0 Å². The van der Waals surface area contributed by atoms with Crippen LogP contribution in [-0.2, 0) is 0 Å². The van der Waals surface area contributed by atoms with Gasteiger partial charge in [-0.25, -0.2) is 0 Å². The first-order valence-corrected chi connectivity index (χ1v) is 13.1. The second-order valence-electron chi connectivity index (χ2n) is 7.98. The summed E-state index contributed by atoms with van der Waals surface area (Å²) >= 11 is 2.21. The predicted molar refractivity (Wildman–Crippen MR) is 130 cm³/mol. The average Bonchev–Trinajstić information content (AvgIpc) is 2.63. The van der Waals surface area contributed by atoms with E-state index in [1.807, 2.05) is 0 Å². The van der Waals surface area contributed by atoms with Crippen LogP contribution in [0.3, 0.4) is 0 Å². The first-order valence-electron chi connectivity index (χ1n) is 12.0. The first-order chi connectivity index (χ1) is 12.4. The molecule has 0 fully saturated rings. The topological polar surface area (TPSA) is 0 Å². The molecule has 0 unspecified atom stereocenters. The fourth-order valence-electron chi connectivity index (χ4n) is 3.49. The molecule has 26 heavy (non-hydrogen) atoms. The second-order valence-corrected chi connectivity index (χ2v) is 9.20. The molecule has 0 spiro atoms. The van der Waals surface area contributed by atoms with Gasteiger partial charge < -0.3 is 0 Å². The van der Waals surface area contributed by atoms with Gasteiger partial charge in [-0.05, 0) is 24.3 Å². The van der Waals surface area contributed by atoms with Crippen molar-refractivity contribution in [1.29, 1.82) is 0 Å². The molecular formula is C24H52SSn. The zero-order valence-electron chi connectivity index (χ0n) is 18.7. The van der Waals surface area contributed by atoms with Crippen LogP contribution in [0.5, 0.6) is 0 Å². The van der Waals surface area contributed by atoms with Crippen LogP contribution < -0.4 is 0 Å². The van der Waals surface area contributed by atoms with Gasteiger partial charge in [0.2, 0.25) is 0 Å². The molecule has 0 aliphatic carbocycles. The van der Waals surface area contributed by atoms with Crippen molar-refractivity contribution in [1.82, 2.24) is 0 Å². The van der Waals surface area contributed by atoms with Crippen molar-refractivity contribution >= 4 is 35.7 Å². The van der Waals surface area contributed by atoms with Crippen molar-refractivity contribution in [3.63, 3.8) is 0 Å². The third-order valence-electron chi connectivity index (χ3n) is 5.28. The van der Waals surface area contributed by atoms with Gasteiger partial charge >= 0.3 is 23.9 Å². The molecule has 0 saturated carbocycles. The van der Waals surface area contributed by atoms with Gasteiger partial charge in [-0.1, -0.05) is 129 Å². The average molecular weight is 491 g/mol. The third kappa shape index (κ3) is 27.4. The maximum atomic E-state index is 2.30. The Balaban J connectivity index is 0. The molecule has 0 nitrogen and oxygen atoms in total. The molecule has 0 aliphatic heterocycles. The molecule has 0 bridgehead atoms. The molecule has 0 aromatic carbocycles. The summed E-state index contributed by atoms with van der Waals surface area (Å²) in [6.45, 7) is 4.60. The molecule has 0 amide bonds. The Kier molecular flexibility index (Phi) is 32.0. The Hall–Kier alpha value is 1.15. The SMILES string of the molecule is CCCCCCCCCCCCSCCCCCCCCCCCC.[SnH2]. The minimum atomic E-state index is 0. The maximum absolute atomic E-state index is 2.30. The second kappa shape index (κ2) is 28.4. The van der Waals surface area contributed by atoms with Gasteiger partial charge in [-0.2, -0.15) is 11.8 Å². The van der Waals surface area contributed by atoms with Crippen LogP contribution in [0.25, 0.3) is 0 Å². The van der Waals surface area contributed by atoms with E-state index < -0.39 is 0 Å². The summed E-state index contributed by atoms with van der Waals surface area (Å²) in [5.41, 5.74) is 0. The molecule has 158 valence electrons. The van der Waals surface area contributed by atoms with E-state index in [9.17, 15) is 0 Å². The van der Waals surface area contributed by atoms with Gasteiger partial charge in [-0.15, -0.1) is 0 Å². The molecule has 0 N–H and O–H groups in total. The Bertz CT molecular complexity index is 198. The van der Waals surface area contributed by atoms with Gasteiger partial charge in [0.1, 0.15) is 0 Å². The van der Waals surface area contributed by atoms with Crippen LogP contribution in [-0.4, -0.2) is 35.4 Å². The Morgan fingerprint density at radius 1 is 0.346 bits per heavy atom. The summed E-state index contributed by atoms with van der Waals surface area (Å²) in [6, 6.07) is 0. The van der Waals surface area contributed by atoms with Crippen molar-refractivity contribution in [2.24, 2.45) is 0 Å². The van der Waals surface area contributed by atoms with Gasteiger partial charge in [0.25, 0.3) is 0 Å². The number of unbranched alkanes of at least 4 members (excludes halogenated alkanes) is 18. The van der Waals surface area contributed by atoms with Gasteiger partial charge in [-0.3, -0.25) is 0 Å². The van der Waals surface area contributed by atoms with Crippen molar-refractivity contribution < 1.29 is 0 Å². The number of hydrogen-bond acceptors (Lipinski definition) is 1. The van der Waals surface area contributed by atoms with Gasteiger partial charge in [0, 0.05) is 0 Å². The Labute approximate surface area is 188 Å². The number of hydrogen-bond donors (Lipinski definition) is 0. The van der Waals surface area contributed by atoms with Gasteiger partial charge in [0.05, 0.1) is 0 Å². The van der Waals surface area contributed by atoms with Crippen molar-refractivity contribution in [3.05, 3.63) is 0 Å². The van der Waals surface area contributed by atoms with Crippen molar-refractivity contribution in [2.45, 2.75) is 142 Å². The Morgan fingerprint density at radius 3 is 0.846 bits per heavy atom. The van der Waals surface area contributed by atoms with Crippen LogP contribution >= 0.6 is 11.8 Å². The summed E-state index contributed by atoms with van der Waals surface area (Å²) in [5.74, 6) is 2.82. The van der Waals surface area contributed by atoms with Crippen molar-refractivity contribution in [3.8, 4) is 0 Å². The standard InChI is InChI=1S/C24H50S.Sn.2H/c1-3-5-7-9-11-13-15-17-19-21-23-25-24-22-20-18-16-14-12-10-8-6-4-2;;;/h3-24H2,1-2H3;;;. The minimum absolute atomic E-state index is 0. The van der Waals surface area contributed by atoms with E-state index in [-0.39, 0.29) is 23.9 Å². The fraction of sp³-hybridized carbons (Fsp3) is 1.00. The summed E-state index contributed by atoms with van der Waals surface area (Å²) in [7, 11) is 0. The van der Waals surface area contributed by atoms with Gasteiger partial charge in [0.15, 0.2) is 0 Å². The van der Waals surface area contributed by atoms with E-state index >= 15 is 0 Å². The zero-order valence-corrected chi connectivity index (χ0v) is 23.5. The monoisotopic (exact) mass is 492 g/mol. The quantitative estimate of drug-likeness (QED) is 0.108. The first kappa shape index (κ1) is 29.4. The van der Waals surface area contributed by atoms with Crippen molar-refractivity contribution in [2.75, 3.05) is 11.5 Å². The van der Waals surface area contributed by atoms with E-state index in [1.54, 1.807) is 0 Å². The molecule has 2 heteroatoms. The summed E-state index contributed by atoms with van der Waals surface area (Å²) in [4.78, 5) is 0. The normalized spacial score (nSPS) is 10.8. The van der Waals surface area contributed by atoms with Crippen LogP contribution in [0.1, 0.15) is 142 Å². The van der Waals surface area contributed by atoms with E-state index in [1.165, 1.54) is 140 Å². The predicted octanol–water partition coefficient (Wildman–Crippen LogP) is 8.65. The molecule has 0 atom stereocenters. The van der Waals surface area contributed by atoms with Crippen LogP contribution in [0.15, 0.2) is 0 Å². The molecule has 0 saturated heterocycles. The number of thioether (sulfide) groups is 1. The zero-order chi connectivity index (χ0) is 18.3. The fourth-order valence-corrected chi connectivity index (χ4v) is 4.51. The summed E-state index contributed by atoms with van der Waals surface area (Å²) in [6.07, 6.45) is 29.2. The molecule has 2 radical (unpaired) electrons. The molecule has 0 aliphatic rings. The molecule has 0 heterocycles. The summed E-state index contributed by atoms with van der Waals surface area (Å²) in [5, 5.41) is 0. The molecule has 0 aromatic rings.